The van der Waals surface area contributed by atoms with Crippen molar-refractivity contribution in [1.29, 1.82) is 0 Å². The first-order chi connectivity index (χ1) is 10.6. The van der Waals surface area contributed by atoms with Crippen molar-refractivity contribution >= 4 is 33.6 Å². The Hall–Kier alpha value is -1.68. The van der Waals surface area contributed by atoms with Gasteiger partial charge in [0.1, 0.15) is 6.10 Å². The molecule has 1 aliphatic rings. The van der Waals surface area contributed by atoms with E-state index in [2.05, 4.69) is 36.4 Å². The fraction of sp³-hybridized carbons (Fsp3) is 0.417. The monoisotopic (exact) mass is 384 g/mol. The number of amides is 1. The van der Waals surface area contributed by atoms with Crippen LogP contribution in [0.4, 0.5) is 0 Å². The number of rotatable bonds is 5. The highest BCUT2D eigenvalue weighted by atomic mass is 79.9. The number of thioether (sulfide) groups is 1. The van der Waals surface area contributed by atoms with Crippen LogP contribution in [0.25, 0.3) is 0 Å². The molecule has 0 spiro atoms. The number of pyridine rings is 1. The van der Waals surface area contributed by atoms with Crippen LogP contribution in [0.1, 0.15) is 0 Å². The Labute approximate surface area is 139 Å². The Morgan fingerprint density at radius 1 is 1.55 bits per heavy atom. The molecule has 0 saturated carbocycles. The zero-order chi connectivity index (χ0) is 15.5. The number of ether oxygens (including phenoxy) is 1. The van der Waals surface area contributed by atoms with Gasteiger partial charge in [-0.15, -0.1) is 5.10 Å². The molecule has 116 valence electrons. The minimum Gasteiger partial charge on any atom is -0.470 e. The number of tetrazole rings is 1. The lowest BCUT2D eigenvalue weighted by atomic mass is 10.2. The third kappa shape index (κ3) is 3.38. The summed E-state index contributed by atoms with van der Waals surface area (Å²) in [7, 11) is 1.74. The van der Waals surface area contributed by atoms with Crippen molar-refractivity contribution in [3.8, 4) is 5.88 Å². The zero-order valence-electron chi connectivity index (χ0n) is 11.7. The van der Waals surface area contributed by atoms with Crippen LogP contribution >= 0.6 is 27.7 Å². The summed E-state index contributed by atoms with van der Waals surface area (Å²) in [4.78, 5) is 17.9. The van der Waals surface area contributed by atoms with Gasteiger partial charge in [-0.2, -0.15) is 0 Å². The molecule has 3 heterocycles. The lowest BCUT2D eigenvalue weighted by Crippen LogP contribution is -2.56. The Morgan fingerprint density at radius 2 is 2.36 bits per heavy atom. The molecular weight excluding hydrogens is 372 g/mol. The van der Waals surface area contributed by atoms with Gasteiger partial charge in [-0.05, 0) is 38.5 Å². The van der Waals surface area contributed by atoms with Crippen LogP contribution in [0, 0.1) is 0 Å². The first kappa shape index (κ1) is 15.2. The first-order valence-corrected chi connectivity index (χ1v) is 8.31. The maximum Gasteiger partial charge on any atom is 0.233 e. The molecule has 0 unspecified atom stereocenters. The van der Waals surface area contributed by atoms with Crippen molar-refractivity contribution in [2.45, 2.75) is 11.3 Å². The molecule has 0 aromatic carbocycles. The average molecular weight is 385 g/mol. The van der Waals surface area contributed by atoms with Gasteiger partial charge in [-0.25, -0.2) is 9.67 Å². The van der Waals surface area contributed by atoms with Crippen molar-refractivity contribution in [3.05, 3.63) is 22.8 Å². The quantitative estimate of drug-likeness (QED) is 0.702. The van der Waals surface area contributed by atoms with Crippen molar-refractivity contribution in [2.75, 3.05) is 18.8 Å². The van der Waals surface area contributed by atoms with E-state index >= 15 is 0 Å². The Bertz CT molecular complexity index is 675. The van der Waals surface area contributed by atoms with E-state index in [1.165, 1.54) is 11.8 Å². The van der Waals surface area contributed by atoms with Gasteiger partial charge in [-0.1, -0.05) is 11.8 Å². The van der Waals surface area contributed by atoms with E-state index in [1.54, 1.807) is 22.8 Å². The number of halogens is 1. The molecular formula is C12H13BrN6O2S. The van der Waals surface area contributed by atoms with Crippen LogP contribution in [-0.4, -0.2) is 60.9 Å². The largest absolute Gasteiger partial charge is 0.470 e. The van der Waals surface area contributed by atoms with Crippen molar-refractivity contribution in [1.82, 2.24) is 30.1 Å². The molecule has 1 saturated heterocycles. The first-order valence-electron chi connectivity index (χ1n) is 6.53. The molecule has 3 rings (SSSR count). The van der Waals surface area contributed by atoms with Crippen LogP contribution in [0.2, 0.25) is 0 Å². The number of likely N-dealkylation sites (tertiary alicyclic amines) is 1. The maximum absolute atomic E-state index is 12.0. The number of nitrogens with zero attached hydrogens (tertiary/aromatic N) is 6. The molecule has 0 atom stereocenters. The lowest BCUT2D eigenvalue weighted by molar-refractivity contribution is -0.137. The van der Waals surface area contributed by atoms with Gasteiger partial charge in [0, 0.05) is 13.2 Å². The second-order valence-corrected chi connectivity index (χ2v) is 6.50. The maximum atomic E-state index is 12.0. The smallest absolute Gasteiger partial charge is 0.233 e. The van der Waals surface area contributed by atoms with Gasteiger partial charge < -0.3 is 9.64 Å². The van der Waals surface area contributed by atoms with Gasteiger partial charge in [0.2, 0.25) is 16.9 Å². The van der Waals surface area contributed by atoms with Crippen LogP contribution in [0.15, 0.2) is 28.0 Å². The molecule has 1 fully saturated rings. The molecule has 2 aromatic rings. The standard InChI is InChI=1S/C12H13BrN6O2S/c1-18-12(15-16-17-18)22-7-10(20)19-5-8(6-19)21-11-9(13)3-2-4-14-11/h2-4,8H,5-7H2,1H3. The second kappa shape index (κ2) is 6.61. The molecule has 1 aliphatic heterocycles. The van der Waals surface area contributed by atoms with Crippen LogP contribution in [0.5, 0.6) is 5.88 Å². The summed E-state index contributed by atoms with van der Waals surface area (Å²) in [5.74, 6) is 0.917. The number of aryl methyl sites for hydroxylation is 1. The van der Waals surface area contributed by atoms with E-state index in [0.717, 1.165) is 4.47 Å². The van der Waals surface area contributed by atoms with Crippen LogP contribution in [-0.2, 0) is 11.8 Å². The highest BCUT2D eigenvalue weighted by Crippen LogP contribution is 2.25. The van der Waals surface area contributed by atoms with Crippen LogP contribution in [0.3, 0.4) is 0 Å². The summed E-state index contributed by atoms with van der Waals surface area (Å²) in [6.45, 7) is 1.14. The summed E-state index contributed by atoms with van der Waals surface area (Å²) in [5.41, 5.74) is 0. The molecule has 8 nitrogen and oxygen atoms in total. The number of hydrogen-bond acceptors (Lipinski definition) is 7. The number of carbonyl (C=O) groups is 1. The fourth-order valence-electron chi connectivity index (χ4n) is 1.89. The zero-order valence-corrected chi connectivity index (χ0v) is 14.1. The predicted octanol–water partition coefficient (Wildman–Crippen LogP) is 0.749. The summed E-state index contributed by atoms with van der Waals surface area (Å²) < 4.78 is 8.09. The normalized spacial score (nSPS) is 14.7. The summed E-state index contributed by atoms with van der Waals surface area (Å²) in [6, 6.07) is 3.70. The number of aromatic nitrogens is 5. The second-order valence-electron chi connectivity index (χ2n) is 4.70. The third-order valence-corrected chi connectivity index (χ3v) is 4.71. The highest BCUT2D eigenvalue weighted by Gasteiger charge is 2.32. The molecule has 10 heteroatoms. The molecule has 22 heavy (non-hydrogen) atoms. The van der Waals surface area contributed by atoms with E-state index in [-0.39, 0.29) is 12.0 Å². The minimum absolute atomic E-state index is 0.0170. The Kier molecular flexibility index (Phi) is 4.57. The Balaban J connectivity index is 1.44. The van der Waals surface area contributed by atoms with E-state index in [9.17, 15) is 4.79 Å². The van der Waals surface area contributed by atoms with E-state index in [4.69, 9.17) is 4.74 Å². The van der Waals surface area contributed by atoms with E-state index in [0.29, 0.717) is 29.9 Å². The predicted molar refractivity (Wildman–Crippen MR) is 82.5 cm³/mol. The topological polar surface area (TPSA) is 86.0 Å². The minimum atomic E-state index is -0.0170. The third-order valence-electron chi connectivity index (χ3n) is 3.11. The van der Waals surface area contributed by atoms with E-state index < -0.39 is 0 Å². The fourth-order valence-corrected chi connectivity index (χ4v) is 2.99. The summed E-state index contributed by atoms with van der Waals surface area (Å²) in [5, 5.41) is 11.7. The van der Waals surface area contributed by atoms with Gasteiger partial charge in [-0.3, -0.25) is 4.79 Å². The van der Waals surface area contributed by atoms with Gasteiger partial charge >= 0.3 is 0 Å². The summed E-state index contributed by atoms with van der Waals surface area (Å²) in [6.07, 6.45) is 1.66. The van der Waals surface area contributed by atoms with Gasteiger partial charge in [0.15, 0.2) is 0 Å². The van der Waals surface area contributed by atoms with Crippen molar-refractivity contribution in [2.24, 2.45) is 7.05 Å². The highest BCUT2D eigenvalue weighted by molar-refractivity contribution is 9.10. The molecule has 1 amide bonds. The molecule has 0 bridgehead atoms. The molecule has 0 aliphatic carbocycles. The summed E-state index contributed by atoms with van der Waals surface area (Å²) >= 11 is 4.71. The van der Waals surface area contributed by atoms with Crippen molar-refractivity contribution < 1.29 is 9.53 Å². The average Bonchev–Trinajstić information content (AvgIpc) is 2.87. The number of hydrogen-bond donors (Lipinski definition) is 0. The van der Waals surface area contributed by atoms with Crippen molar-refractivity contribution in [3.63, 3.8) is 0 Å². The van der Waals surface area contributed by atoms with E-state index in [1.807, 2.05) is 12.1 Å². The SMILES string of the molecule is Cn1nnnc1SCC(=O)N1CC(Oc2ncccc2Br)C1. The lowest BCUT2D eigenvalue weighted by Gasteiger charge is -2.38. The Morgan fingerprint density at radius 3 is 3.05 bits per heavy atom. The molecule has 0 N–H and O–H groups in total. The van der Waals surface area contributed by atoms with Gasteiger partial charge in [0.25, 0.3) is 0 Å². The molecule has 2 aromatic heterocycles. The van der Waals surface area contributed by atoms with Crippen LogP contribution < -0.4 is 4.74 Å². The van der Waals surface area contributed by atoms with Gasteiger partial charge in [0.05, 0.1) is 23.3 Å². The molecule has 0 radical (unpaired) electrons. The number of carbonyl (C=O) groups excluding carboxylic acids is 1.